The molecule has 30 heavy (non-hydrogen) atoms. The third-order valence-corrected chi connectivity index (χ3v) is 10.3. The smallest absolute Gasteiger partial charge is 0.423 e. The van der Waals surface area contributed by atoms with Gasteiger partial charge >= 0.3 is 7.12 Å². The van der Waals surface area contributed by atoms with E-state index in [1.54, 1.807) is 12.1 Å². The molecule has 4 rings (SSSR count). The van der Waals surface area contributed by atoms with Crippen LogP contribution in [0.15, 0.2) is 109 Å². The molecule has 0 bridgehead atoms. The van der Waals surface area contributed by atoms with Crippen molar-refractivity contribution in [3.05, 3.63) is 115 Å². The molecule has 0 spiro atoms. The third-order valence-electron chi connectivity index (χ3n) is 5.50. The van der Waals surface area contributed by atoms with Crippen LogP contribution in [-0.2, 0) is 0 Å². The monoisotopic (exact) mass is 405 g/mol. The fourth-order valence-electron chi connectivity index (χ4n) is 4.08. The van der Waals surface area contributed by atoms with Crippen LogP contribution in [0, 0.1) is 11.3 Å². The van der Waals surface area contributed by atoms with Gasteiger partial charge in [0.25, 0.3) is 0 Å². The number of hydrogen-bond acceptors (Lipinski definition) is 3. The number of hydrogen-bond donors (Lipinski definition) is 2. The van der Waals surface area contributed by atoms with Crippen molar-refractivity contribution in [2.24, 2.45) is 0 Å². The van der Waals surface area contributed by atoms with E-state index in [9.17, 15) is 15.3 Å². The highest BCUT2D eigenvalue weighted by atomic mass is 28.3. The Morgan fingerprint density at radius 3 is 1.37 bits per heavy atom. The lowest BCUT2D eigenvalue weighted by Crippen LogP contribution is -2.74. The summed E-state index contributed by atoms with van der Waals surface area (Å²) in [6, 6.07) is 38.5. The Hall–Kier alpha value is -3.43. The normalized spacial score (nSPS) is 11.0. The molecule has 0 aliphatic rings. The van der Waals surface area contributed by atoms with Crippen LogP contribution in [0.1, 0.15) is 5.56 Å². The second kappa shape index (κ2) is 8.52. The molecule has 0 unspecified atom stereocenters. The zero-order valence-electron chi connectivity index (χ0n) is 16.3. The van der Waals surface area contributed by atoms with Crippen molar-refractivity contribution < 1.29 is 10.0 Å². The third kappa shape index (κ3) is 3.49. The first-order valence-corrected chi connectivity index (χ1v) is 11.7. The highest BCUT2D eigenvalue weighted by Gasteiger charge is 2.41. The maximum Gasteiger partial charge on any atom is 0.488 e. The van der Waals surface area contributed by atoms with E-state index in [-0.39, 0.29) is 0 Å². The summed E-state index contributed by atoms with van der Waals surface area (Å²) in [7, 11) is -4.17. The maximum absolute atomic E-state index is 9.56. The van der Waals surface area contributed by atoms with Gasteiger partial charge in [-0.2, -0.15) is 5.26 Å². The topological polar surface area (TPSA) is 64.2 Å². The molecule has 0 saturated heterocycles. The minimum Gasteiger partial charge on any atom is -0.423 e. The van der Waals surface area contributed by atoms with Crippen molar-refractivity contribution in [1.29, 1.82) is 5.26 Å². The molecule has 0 aliphatic heterocycles. The SMILES string of the molecule is N#Cc1ccc([Si](c2ccccc2)(c2ccccc2)c2ccc(B(O)O)cc2)cc1. The van der Waals surface area contributed by atoms with E-state index >= 15 is 0 Å². The summed E-state index contributed by atoms with van der Waals surface area (Å²) < 4.78 is 0. The molecule has 5 heteroatoms. The Labute approximate surface area is 177 Å². The van der Waals surface area contributed by atoms with Crippen molar-refractivity contribution in [2.75, 3.05) is 0 Å². The summed E-state index contributed by atoms with van der Waals surface area (Å²) in [5, 5.41) is 33.1. The van der Waals surface area contributed by atoms with Crippen LogP contribution in [0.4, 0.5) is 0 Å². The first-order chi connectivity index (χ1) is 14.7. The summed E-state index contributed by atoms with van der Waals surface area (Å²) in [4.78, 5) is 0. The van der Waals surface area contributed by atoms with E-state index in [1.807, 2.05) is 36.4 Å². The number of nitrogens with zero attached hydrogens (tertiary/aromatic N) is 1. The molecule has 0 radical (unpaired) electrons. The molecule has 144 valence electrons. The highest BCUT2D eigenvalue weighted by molar-refractivity contribution is 7.19. The molecule has 0 atom stereocenters. The van der Waals surface area contributed by atoms with Gasteiger partial charge in [0.1, 0.15) is 0 Å². The molecule has 3 nitrogen and oxygen atoms in total. The van der Waals surface area contributed by atoms with Crippen LogP contribution in [-0.4, -0.2) is 25.2 Å². The Kier molecular flexibility index (Phi) is 5.64. The minimum absolute atomic E-state index is 0.461. The van der Waals surface area contributed by atoms with Gasteiger partial charge in [-0.15, -0.1) is 0 Å². The number of rotatable bonds is 5. The molecular weight excluding hydrogens is 385 g/mol. The first-order valence-electron chi connectivity index (χ1n) is 9.74. The van der Waals surface area contributed by atoms with Crippen LogP contribution in [0.3, 0.4) is 0 Å². The van der Waals surface area contributed by atoms with Crippen molar-refractivity contribution in [2.45, 2.75) is 0 Å². The Balaban J connectivity index is 2.07. The second-order valence-electron chi connectivity index (χ2n) is 7.17. The summed E-state index contributed by atoms with van der Waals surface area (Å²) >= 11 is 0. The summed E-state index contributed by atoms with van der Waals surface area (Å²) in [6.45, 7) is 0. The lowest BCUT2D eigenvalue weighted by Gasteiger charge is -2.34. The van der Waals surface area contributed by atoms with Crippen molar-refractivity contribution in [1.82, 2.24) is 0 Å². The van der Waals surface area contributed by atoms with Gasteiger partial charge < -0.3 is 10.0 Å². The molecule has 0 heterocycles. The van der Waals surface area contributed by atoms with Crippen LogP contribution >= 0.6 is 0 Å². The largest absolute Gasteiger partial charge is 0.488 e. The fourth-order valence-corrected chi connectivity index (χ4v) is 8.79. The predicted molar refractivity (Wildman–Crippen MR) is 125 cm³/mol. The van der Waals surface area contributed by atoms with E-state index in [1.165, 1.54) is 10.4 Å². The molecule has 0 fully saturated rings. The molecule has 0 amide bonds. The average Bonchev–Trinajstić information content (AvgIpc) is 2.82. The molecule has 0 aliphatic carbocycles. The predicted octanol–water partition coefficient (Wildman–Crippen LogP) is 0.615. The van der Waals surface area contributed by atoms with E-state index in [0.717, 1.165) is 10.4 Å². The van der Waals surface area contributed by atoms with Gasteiger partial charge in [0.15, 0.2) is 8.07 Å². The molecule has 4 aromatic carbocycles. The van der Waals surface area contributed by atoms with Gasteiger partial charge in [-0.05, 0) is 38.3 Å². The van der Waals surface area contributed by atoms with Crippen LogP contribution < -0.4 is 26.2 Å². The van der Waals surface area contributed by atoms with E-state index in [4.69, 9.17) is 0 Å². The number of benzene rings is 4. The van der Waals surface area contributed by atoms with Crippen LogP contribution in [0.25, 0.3) is 0 Å². The lowest BCUT2D eigenvalue weighted by molar-refractivity contribution is 0.426. The Morgan fingerprint density at radius 2 is 0.967 bits per heavy atom. The molecular formula is C25H20BNO2Si. The van der Waals surface area contributed by atoms with E-state index < -0.39 is 15.2 Å². The van der Waals surface area contributed by atoms with Gasteiger partial charge in [-0.25, -0.2) is 0 Å². The van der Waals surface area contributed by atoms with Gasteiger partial charge in [-0.3, -0.25) is 0 Å². The van der Waals surface area contributed by atoms with Crippen LogP contribution in [0.2, 0.25) is 0 Å². The minimum atomic E-state index is -2.67. The first kappa shape index (κ1) is 19.9. The summed E-state index contributed by atoms with van der Waals surface area (Å²) in [5.41, 5.74) is 1.09. The summed E-state index contributed by atoms with van der Waals surface area (Å²) in [5.74, 6) is 0. The average molecular weight is 405 g/mol. The summed E-state index contributed by atoms with van der Waals surface area (Å²) in [6.07, 6.45) is 0. The molecule has 2 N–H and O–H groups in total. The van der Waals surface area contributed by atoms with E-state index in [2.05, 4.69) is 66.7 Å². The zero-order chi connectivity index (χ0) is 21.0. The zero-order valence-corrected chi connectivity index (χ0v) is 17.3. The van der Waals surface area contributed by atoms with E-state index in [0.29, 0.717) is 11.0 Å². The number of nitriles is 1. The van der Waals surface area contributed by atoms with Gasteiger partial charge in [0, 0.05) is 0 Å². The standard InChI is InChI=1S/C25H20BNO2Si/c27-19-20-11-15-24(16-12-20)30(22-7-3-1-4-8-22,23-9-5-2-6-10-23)25-17-13-21(14-18-25)26(28)29/h1-18,28-29H. The molecule has 4 aromatic rings. The second-order valence-corrected chi connectivity index (χ2v) is 11.0. The van der Waals surface area contributed by atoms with Crippen molar-refractivity contribution >= 4 is 41.4 Å². The molecule has 0 saturated carbocycles. The van der Waals surface area contributed by atoms with Gasteiger partial charge in [-0.1, -0.05) is 97.1 Å². The van der Waals surface area contributed by atoms with Crippen molar-refractivity contribution in [3.8, 4) is 6.07 Å². The Bertz CT molecular complexity index is 1120. The van der Waals surface area contributed by atoms with Gasteiger partial charge in [0.05, 0.1) is 11.6 Å². The lowest BCUT2D eigenvalue weighted by atomic mass is 9.81. The highest BCUT2D eigenvalue weighted by Crippen LogP contribution is 2.10. The maximum atomic E-state index is 9.56. The van der Waals surface area contributed by atoms with Gasteiger partial charge in [0.2, 0.25) is 0 Å². The molecule has 0 aromatic heterocycles. The quantitative estimate of drug-likeness (QED) is 0.378. The van der Waals surface area contributed by atoms with Crippen molar-refractivity contribution in [3.63, 3.8) is 0 Å². The van der Waals surface area contributed by atoms with Crippen LogP contribution in [0.5, 0.6) is 0 Å². The Morgan fingerprint density at radius 1 is 0.567 bits per heavy atom. The fraction of sp³-hybridized carbons (Fsp3) is 0.